The minimum Gasteiger partial charge on any atom is -0.487 e. The van der Waals surface area contributed by atoms with E-state index < -0.39 is 5.97 Å². The Morgan fingerprint density at radius 3 is 2.66 bits per heavy atom. The van der Waals surface area contributed by atoms with Crippen molar-refractivity contribution in [3.8, 4) is 17.0 Å². The summed E-state index contributed by atoms with van der Waals surface area (Å²) >= 11 is 0. The Morgan fingerprint density at radius 2 is 1.97 bits per heavy atom. The summed E-state index contributed by atoms with van der Waals surface area (Å²) in [7, 11) is 1.27. The number of aliphatic hydroxyl groups excluding tert-OH is 1. The van der Waals surface area contributed by atoms with E-state index in [1.807, 2.05) is 6.92 Å². The molecule has 0 aliphatic carbocycles. The molecular formula is C23H23FN2O6. The number of benzene rings is 2. The lowest BCUT2D eigenvalue weighted by atomic mass is 10.1. The first-order valence-electron chi connectivity index (χ1n) is 9.91. The summed E-state index contributed by atoms with van der Waals surface area (Å²) < 4.78 is 29.1. The number of carbonyl (C=O) groups excluding carboxylic acids is 1. The lowest BCUT2D eigenvalue weighted by Gasteiger charge is -2.10. The number of nitrogens with zero attached hydrogens (tertiary/aromatic N) is 2. The van der Waals surface area contributed by atoms with Crippen molar-refractivity contribution in [3.05, 3.63) is 71.2 Å². The molecule has 0 aliphatic rings. The predicted molar refractivity (Wildman–Crippen MR) is 114 cm³/mol. The van der Waals surface area contributed by atoms with Crippen molar-refractivity contribution in [3.63, 3.8) is 0 Å². The van der Waals surface area contributed by atoms with Gasteiger partial charge in [0, 0.05) is 11.6 Å². The van der Waals surface area contributed by atoms with Crippen LogP contribution in [0.1, 0.15) is 35.0 Å². The Kier molecular flexibility index (Phi) is 7.93. The Balaban J connectivity index is 1.82. The maximum Gasteiger partial charge on any atom is 0.337 e. The van der Waals surface area contributed by atoms with Crippen molar-refractivity contribution in [2.24, 2.45) is 5.16 Å². The summed E-state index contributed by atoms with van der Waals surface area (Å²) in [5, 5.41) is 17.6. The average Bonchev–Trinajstić information content (AvgIpc) is 3.31. The Bertz CT molecular complexity index is 1080. The van der Waals surface area contributed by atoms with E-state index in [4.69, 9.17) is 18.8 Å². The molecule has 1 N–H and O–H groups in total. The van der Waals surface area contributed by atoms with Gasteiger partial charge in [-0.3, -0.25) is 0 Å². The van der Waals surface area contributed by atoms with E-state index in [0.717, 1.165) is 6.42 Å². The fourth-order valence-corrected chi connectivity index (χ4v) is 2.75. The molecule has 0 unspecified atom stereocenters. The monoisotopic (exact) mass is 442 g/mol. The van der Waals surface area contributed by atoms with Crippen LogP contribution < -0.4 is 4.74 Å². The van der Waals surface area contributed by atoms with E-state index in [1.54, 1.807) is 24.3 Å². The van der Waals surface area contributed by atoms with Crippen molar-refractivity contribution in [2.45, 2.75) is 20.0 Å². The highest BCUT2D eigenvalue weighted by Gasteiger charge is 2.16. The van der Waals surface area contributed by atoms with Gasteiger partial charge in [0.15, 0.2) is 11.5 Å². The minimum absolute atomic E-state index is 0.0583. The van der Waals surface area contributed by atoms with Crippen LogP contribution in [0.15, 0.2) is 58.2 Å². The number of aliphatic hydroxyl groups is 1. The van der Waals surface area contributed by atoms with Gasteiger partial charge in [0.25, 0.3) is 0 Å². The van der Waals surface area contributed by atoms with E-state index in [9.17, 15) is 14.3 Å². The molecule has 0 saturated carbocycles. The highest BCUT2D eigenvalue weighted by atomic mass is 19.1. The van der Waals surface area contributed by atoms with E-state index in [0.29, 0.717) is 40.6 Å². The standard InChI is InChI=1S/C23H23FN2O6/c1-3-8-31-25-21(22-12-20(26-32-22)16-4-6-18(24)7-5-16)14-30-19-10-15(13-27)9-17(11-19)23(28)29-2/h4-7,9-12,27H,3,8,13-14H2,1-2H3. The number of hydrogen-bond donors (Lipinski definition) is 1. The van der Waals surface area contributed by atoms with E-state index in [-0.39, 0.29) is 24.6 Å². The van der Waals surface area contributed by atoms with E-state index in [2.05, 4.69) is 10.3 Å². The number of rotatable bonds is 10. The van der Waals surface area contributed by atoms with Crippen LogP contribution in [-0.2, 0) is 16.2 Å². The first-order chi connectivity index (χ1) is 15.5. The van der Waals surface area contributed by atoms with Crippen LogP contribution in [-0.4, -0.2) is 42.3 Å². The van der Waals surface area contributed by atoms with Gasteiger partial charge in [0.2, 0.25) is 0 Å². The molecule has 0 spiro atoms. The summed E-state index contributed by atoms with van der Waals surface area (Å²) in [4.78, 5) is 17.2. The number of carbonyl (C=O) groups is 1. The third-order valence-electron chi connectivity index (χ3n) is 4.35. The summed E-state index contributed by atoms with van der Waals surface area (Å²) in [5.74, 6) is -0.257. The number of aromatic nitrogens is 1. The van der Waals surface area contributed by atoms with Gasteiger partial charge >= 0.3 is 5.97 Å². The zero-order valence-corrected chi connectivity index (χ0v) is 17.7. The topological polar surface area (TPSA) is 103 Å². The molecule has 32 heavy (non-hydrogen) atoms. The molecular weight excluding hydrogens is 419 g/mol. The zero-order valence-electron chi connectivity index (χ0n) is 17.7. The van der Waals surface area contributed by atoms with E-state index in [1.165, 1.54) is 31.4 Å². The van der Waals surface area contributed by atoms with Crippen LogP contribution in [0, 0.1) is 5.82 Å². The molecule has 3 rings (SSSR count). The molecule has 0 amide bonds. The van der Waals surface area contributed by atoms with Crippen LogP contribution in [0.4, 0.5) is 4.39 Å². The van der Waals surface area contributed by atoms with E-state index >= 15 is 0 Å². The SMILES string of the molecule is CCCON=C(COc1cc(CO)cc(C(=O)OC)c1)c1cc(-c2ccc(F)cc2)no1. The van der Waals surface area contributed by atoms with Gasteiger partial charge in [0.05, 0.1) is 19.3 Å². The normalized spacial score (nSPS) is 11.3. The molecule has 0 bridgehead atoms. The number of oxime groups is 1. The summed E-state index contributed by atoms with van der Waals surface area (Å²) in [6.45, 7) is 2.01. The molecule has 8 nitrogen and oxygen atoms in total. The first-order valence-corrected chi connectivity index (χ1v) is 9.91. The van der Waals surface area contributed by atoms with Gasteiger partial charge in [-0.25, -0.2) is 9.18 Å². The van der Waals surface area contributed by atoms with Gasteiger partial charge in [-0.1, -0.05) is 17.2 Å². The summed E-state index contributed by atoms with van der Waals surface area (Å²) in [5.41, 5.74) is 2.23. The summed E-state index contributed by atoms with van der Waals surface area (Å²) in [6, 6.07) is 12.1. The Labute approximate surface area is 184 Å². The molecule has 1 aromatic heterocycles. The third-order valence-corrected chi connectivity index (χ3v) is 4.35. The lowest BCUT2D eigenvalue weighted by molar-refractivity contribution is 0.0600. The quantitative estimate of drug-likeness (QED) is 0.219. The van der Waals surface area contributed by atoms with Gasteiger partial charge in [-0.05, 0) is 54.4 Å². The van der Waals surface area contributed by atoms with Crippen molar-refractivity contribution in [1.29, 1.82) is 0 Å². The maximum atomic E-state index is 13.2. The third kappa shape index (κ3) is 5.92. The smallest absolute Gasteiger partial charge is 0.337 e. The second-order valence-electron chi connectivity index (χ2n) is 6.76. The van der Waals surface area contributed by atoms with Gasteiger partial charge < -0.3 is 23.9 Å². The van der Waals surface area contributed by atoms with Crippen molar-refractivity contribution in [1.82, 2.24) is 5.16 Å². The number of esters is 1. The molecule has 2 aromatic carbocycles. The second-order valence-corrected chi connectivity index (χ2v) is 6.76. The molecule has 3 aromatic rings. The first kappa shape index (κ1) is 23.0. The van der Waals surface area contributed by atoms with Gasteiger partial charge in [-0.15, -0.1) is 0 Å². The molecule has 0 fully saturated rings. The van der Waals surface area contributed by atoms with Crippen LogP contribution in [0.25, 0.3) is 11.3 Å². The maximum absolute atomic E-state index is 13.2. The zero-order chi connectivity index (χ0) is 22.9. The number of halogens is 1. The van der Waals surface area contributed by atoms with Gasteiger partial charge in [0.1, 0.15) is 30.5 Å². The van der Waals surface area contributed by atoms with Crippen molar-refractivity contribution < 1.29 is 33.1 Å². The van der Waals surface area contributed by atoms with Crippen molar-refractivity contribution in [2.75, 3.05) is 20.3 Å². The molecule has 0 saturated heterocycles. The van der Waals surface area contributed by atoms with Crippen LogP contribution in [0.3, 0.4) is 0 Å². The largest absolute Gasteiger partial charge is 0.487 e. The number of methoxy groups -OCH3 is 1. The molecule has 0 atom stereocenters. The molecule has 9 heteroatoms. The second kappa shape index (κ2) is 11.1. The lowest BCUT2D eigenvalue weighted by Crippen LogP contribution is -2.14. The fourth-order valence-electron chi connectivity index (χ4n) is 2.75. The number of ether oxygens (including phenoxy) is 2. The molecule has 0 radical (unpaired) electrons. The fraction of sp³-hybridized carbons (Fsp3) is 0.261. The molecule has 168 valence electrons. The summed E-state index contributed by atoms with van der Waals surface area (Å²) in [6.07, 6.45) is 0.760. The Hall–Kier alpha value is -3.72. The van der Waals surface area contributed by atoms with Crippen molar-refractivity contribution >= 4 is 11.7 Å². The highest BCUT2D eigenvalue weighted by molar-refractivity contribution is 5.99. The van der Waals surface area contributed by atoms with Gasteiger partial charge in [-0.2, -0.15) is 0 Å². The predicted octanol–water partition coefficient (Wildman–Crippen LogP) is 3.97. The molecule has 1 heterocycles. The molecule has 0 aliphatic heterocycles. The van der Waals surface area contributed by atoms with Crippen LogP contribution in [0.2, 0.25) is 0 Å². The Morgan fingerprint density at radius 1 is 1.19 bits per heavy atom. The minimum atomic E-state index is -0.551. The average molecular weight is 442 g/mol. The van der Waals surface area contributed by atoms with Crippen LogP contribution >= 0.6 is 0 Å². The number of hydrogen-bond acceptors (Lipinski definition) is 8. The highest BCUT2D eigenvalue weighted by Crippen LogP contribution is 2.22. The van der Waals surface area contributed by atoms with Crippen LogP contribution in [0.5, 0.6) is 5.75 Å².